The molecular formula is C30H24N6O2Pt. The maximum atomic E-state index is 10.6. The molecule has 2 aliphatic heterocycles. The molecule has 0 fully saturated rings. The number of hydrogen-bond donors (Lipinski definition) is 4. The van der Waals surface area contributed by atoms with E-state index in [-0.39, 0.29) is 32.6 Å². The summed E-state index contributed by atoms with van der Waals surface area (Å²) in [5.74, 6) is 2.33. The fourth-order valence-electron chi connectivity index (χ4n) is 4.31. The Morgan fingerprint density at radius 2 is 0.769 bits per heavy atom. The largest absolute Gasteiger partial charge is 0.507 e. The zero-order valence-electron chi connectivity index (χ0n) is 20.5. The van der Waals surface area contributed by atoms with Crippen LogP contribution >= 0.6 is 0 Å². The minimum absolute atomic E-state index is 0. The number of aromatic hydroxyl groups is 2. The number of nitrogens with zero attached hydrogens (tertiary/aromatic N) is 4. The Morgan fingerprint density at radius 3 is 1.15 bits per heavy atom. The van der Waals surface area contributed by atoms with E-state index in [1.165, 1.54) is 0 Å². The second-order valence-corrected chi connectivity index (χ2v) is 8.75. The number of amidine groups is 4. The molecular weight excluding hydrogens is 671 g/mol. The number of para-hydroxylation sites is 2. The van der Waals surface area contributed by atoms with Crippen LogP contribution in [0.4, 0.5) is 0 Å². The molecule has 0 bridgehead atoms. The third-order valence-electron chi connectivity index (χ3n) is 6.20. The van der Waals surface area contributed by atoms with Gasteiger partial charge in [-0.1, -0.05) is 84.9 Å². The molecule has 0 spiro atoms. The summed E-state index contributed by atoms with van der Waals surface area (Å²) in [7, 11) is 0. The molecule has 0 amide bonds. The van der Waals surface area contributed by atoms with Gasteiger partial charge in [0.15, 0.2) is 12.3 Å². The average Bonchev–Trinajstić information content (AvgIpc) is 2.98. The van der Waals surface area contributed by atoms with Gasteiger partial charge in [-0.05, 0) is 24.3 Å². The number of benzene rings is 4. The van der Waals surface area contributed by atoms with E-state index in [0.717, 1.165) is 11.1 Å². The summed E-state index contributed by atoms with van der Waals surface area (Å²) in [6.07, 6.45) is -1.47. The van der Waals surface area contributed by atoms with Crippen molar-refractivity contribution in [1.29, 1.82) is 0 Å². The van der Waals surface area contributed by atoms with Crippen LogP contribution in [0.5, 0.6) is 11.5 Å². The molecule has 4 aromatic carbocycles. The zero-order valence-corrected chi connectivity index (χ0v) is 22.8. The molecule has 0 aliphatic carbocycles. The summed E-state index contributed by atoms with van der Waals surface area (Å²) in [5, 5.41) is 27.7. The molecule has 6 rings (SSSR count). The van der Waals surface area contributed by atoms with E-state index in [1.807, 2.05) is 72.8 Å². The van der Waals surface area contributed by atoms with Crippen molar-refractivity contribution in [3.63, 3.8) is 0 Å². The van der Waals surface area contributed by atoms with Crippen molar-refractivity contribution in [2.75, 3.05) is 0 Å². The summed E-state index contributed by atoms with van der Waals surface area (Å²) in [6.45, 7) is 0. The first-order chi connectivity index (χ1) is 18.7. The Morgan fingerprint density at radius 1 is 0.436 bits per heavy atom. The van der Waals surface area contributed by atoms with Gasteiger partial charge in [0.1, 0.15) is 34.8 Å². The van der Waals surface area contributed by atoms with Gasteiger partial charge in [-0.2, -0.15) is 0 Å². The third-order valence-corrected chi connectivity index (χ3v) is 6.20. The number of phenolic OH excluding ortho intramolecular Hbond substituents is 2. The molecule has 4 aromatic rings. The molecule has 2 aliphatic rings. The van der Waals surface area contributed by atoms with Gasteiger partial charge in [-0.25, -0.2) is 20.0 Å². The normalized spacial score (nSPS) is 18.3. The van der Waals surface area contributed by atoms with Crippen LogP contribution in [0.1, 0.15) is 22.3 Å². The molecule has 0 radical (unpaired) electrons. The van der Waals surface area contributed by atoms with Gasteiger partial charge < -0.3 is 20.8 Å². The summed E-state index contributed by atoms with van der Waals surface area (Å²) in [4.78, 5) is 19.5. The summed E-state index contributed by atoms with van der Waals surface area (Å²) < 4.78 is 0. The van der Waals surface area contributed by atoms with E-state index in [4.69, 9.17) is 20.0 Å². The van der Waals surface area contributed by atoms with Crippen molar-refractivity contribution in [2.24, 2.45) is 20.0 Å². The van der Waals surface area contributed by atoms with Crippen molar-refractivity contribution in [3.8, 4) is 11.5 Å². The molecule has 8 nitrogen and oxygen atoms in total. The summed E-state index contributed by atoms with van der Waals surface area (Å²) in [5.41, 5.74) is 2.83. The first kappa shape index (κ1) is 26.1. The van der Waals surface area contributed by atoms with Crippen LogP contribution in [0.3, 0.4) is 0 Å². The molecule has 0 aromatic heterocycles. The summed E-state index contributed by atoms with van der Waals surface area (Å²) in [6, 6.07) is 33.5. The first-order valence-corrected chi connectivity index (χ1v) is 12.2. The van der Waals surface area contributed by atoms with Crippen LogP contribution in [-0.4, -0.2) is 45.9 Å². The van der Waals surface area contributed by atoms with E-state index in [2.05, 4.69) is 10.6 Å². The van der Waals surface area contributed by atoms with Crippen LogP contribution in [0.25, 0.3) is 0 Å². The number of rotatable bonds is 5. The van der Waals surface area contributed by atoms with Crippen LogP contribution < -0.4 is 10.6 Å². The second kappa shape index (κ2) is 11.5. The van der Waals surface area contributed by atoms with Gasteiger partial charge in [0, 0.05) is 32.2 Å². The van der Waals surface area contributed by atoms with E-state index in [9.17, 15) is 10.2 Å². The van der Waals surface area contributed by atoms with Gasteiger partial charge in [-0.15, -0.1) is 0 Å². The maximum absolute atomic E-state index is 10.6. The second-order valence-electron chi connectivity index (χ2n) is 8.75. The van der Waals surface area contributed by atoms with Crippen LogP contribution in [0.15, 0.2) is 129 Å². The van der Waals surface area contributed by atoms with E-state index in [0.29, 0.717) is 34.5 Å². The zero-order chi connectivity index (χ0) is 25.9. The van der Waals surface area contributed by atoms with Gasteiger partial charge >= 0.3 is 0 Å². The Hall–Kier alpha value is -4.55. The topological polar surface area (TPSA) is 114 Å². The Balaban J connectivity index is 0.00000308. The van der Waals surface area contributed by atoms with E-state index >= 15 is 0 Å². The number of hydrogen-bond acceptors (Lipinski definition) is 8. The van der Waals surface area contributed by atoms with E-state index in [1.54, 1.807) is 36.4 Å². The van der Waals surface area contributed by atoms with Crippen molar-refractivity contribution in [3.05, 3.63) is 131 Å². The fraction of sp³-hybridized carbons (Fsp3) is 0.0667. The van der Waals surface area contributed by atoms with Gasteiger partial charge in [0.05, 0.1) is 11.1 Å². The smallest absolute Gasteiger partial charge is 0.186 e. The third kappa shape index (κ3) is 5.51. The SMILES string of the molecule is Oc1ccccc1C1=NC(C2N=C(c3ccccc3)NC(c3ccccc3O)=N2)N=C(c2ccccc2)N1.[Pt]. The van der Waals surface area contributed by atoms with Crippen molar-refractivity contribution >= 4 is 23.3 Å². The summed E-state index contributed by atoms with van der Waals surface area (Å²) >= 11 is 0. The van der Waals surface area contributed by atoms with Gasteiger partial charge in [0.2, 0.25) is 0 Å². The minimum Gasteiger partial charge on any atom is -0.507 e. The van der Waals surface area contributed by atoms with Crippen molar-refractivity contribution in [1.82, 2.24) is 10.6 Å². The molecule has 0 saturated carbocycles. The van der Waals surface area contributed by atoms with Gasteiger partial charge in [-0.3, -0.25) is 0 Å². The minimum atomic E-state index is -0.734. The molecule has 9 heteroatoms. The van der Waals surface area contributed by atoms with Crippen LogP contribution in [-0.2, 0) is 21.1 Å². The predicted molar refractivity (Wildman–Crippen MR) is 149 cm³/mol. The van der Waals surface area contributed by atoms with Crippen LogP contribution in [0.2, 0.25) is 0 Å². The van der Waals surface area contributed by atoms with Crippen molar-refractivity contribution in [2.45, 2.75) is 12.3 Å². The molecule has 2 heterocycles. The predicted octanol–water partition coefficient (Wildman–Crippen LogP) is 4.04. The monoisotopic (exact) mass is 695 g/mol. The molecule has 2 atom stereocenters. The van der Waals surface area contributed by atoms with E-state index < -0.39 is 12.3 Å². The van der Waals surface area contributed by atoms with Crippen molar-refractivity contribution < 1.29 is 31.3 Å². The Bertz CT molecular complexity index is 1480. The van der Waals surface area contributed by atoms with Crippen LogP contribution in [0, 0.1) is 0 Å². The quantitative estimate of drug-likeness (QED) is 0.253. The number of phenols is 2. The maximum Gasteiger partial charge on any atom is 0.186 e. The molecule has 2 unspecified atom stereocenters. The molecule has 39 heavy (non-hydrogen) atoms. The first-order valence-electron chi connectivity index (χ1n) is 12.2. The Labute approximate surface area is 239 Å². The fourth-order valence-corrected chi connectivity index (χ4v) is 4.31. The molecule has 0 saturated heterocycles. The van der Waals surface area contributed by atoms with Gasteiger partial charge in [0.25, 0.3) is 0 Å². The number of aliphatic imine (C=N–C) groups is 4. The molecule has 196 valence electrons. The Kier molecular flexibility index (Phi) is 7.66. The molecule has 4 N–H and O–H groups in total. The standard InChI is InChI=1S/C30H24N6O2.Pt/c37-23-17-9-7-15-21(23)27-31-25(19-11-3-1-4-12-19)33-29(35-27)30-34-26(20-13-5-2-6-14-20)32-28(36-30)22-16-8-10-18-24(22)38;/h1-18,29-30,37-38H,(H,31,33,35)(H,32,34,36);. The number of nitrogens with one attached hydrogen (secondary N) is 2. The average molecular weight is 696 g/mol.